The Morgan fingerprint density at radius 1 is 1.12 bits per heavy atom. The molecule has 2 N–H and O–H groups in total. The third kappa shape index (κ3) is 4.24. The number of hydrogen-bond donors (Lipinski definition) is 2. The van der Waals surface area contributed by atoms with Gasteiger partial charge < -0.3 is 5.32 Å². The summed E-state index contributed by atoms with van der Waals surface area (Å²) >= 11 is 0. The maximum absolute atomic E-state index is 13.7. The molecule has 0 aromatic heterocycles. The molecule has 2 aromatic carbocycles. The van der Waals surface area contributed by atoms with Crippen LogP contribution in [0.1, 0.15) is 31.4 Å². The molecule has 1 aliphatic rings. The van der Waals surface area contributed by atoms with E-state index >= 15 is 0 Å². The molecular weight excluding hydrogens is 343 g/mol. The van der Waals surface area contributed by atoms with Crippen LogP contribution < -0.4 is 10.0 Å². The van der Waals surface area contributed by atoms with Gasteiger partial charge in [0.25, 0.3) is 0 Å². The van der Waals surface area contributed by atoms with E-state index in [4.69, 9.17) is 0 Å². The molecule has 0 radical (unpaired) electrons. The van der Waals surface area contributed by atoms with Crippen LogP contribution in [-0.2, 0) is 14.8 Å². The van der Waals surface area contributed by atoms with Crippen LogP contribution in [0.4, 0.5) is 10.1 Å². The van der Waals surface area contributed by atoms with E-state index in [-0.39, 0.29) is 16.7 Å². The first-order valence-electron chi connectivity index (χ1n) is 8.04. The number of sulfonamides is 1. The van der Waals surface area contributed by atoms with Crippen LogP contribution in [0, 0.1) is 11.7 Å². The first-order valence-corrected chi connectivity index (χ1v) is 9.53. The molecule has 0 spiro atoms. The molecule has 1 unspecified atom stereocenters. The quantitative estimate of drug-likeness (QED) is 0.828. The molecule has 0 heterocycles. The highest BCUT2D eigenvalue weighted by molar-refractivity contribution is 7.89. The predicted octanol–water partition coefficient (Wildman–Crippen LogP) is 3.21. The first-order chi connectivity index (χ1) is 11.9. The molecule has 1 fully saturated rings. The molecule has 7 heteroatoms. The zero-order valence-electron chi connectivity index (χ0n) is 13.7. The van der Waals surface area contributed by atoms with E-state index in [9.17, 15) is 17.6 Å². The molecule has 132 valence electrons. The summed E-state index contributed by atoms with van der Waals surface area (Å²) in [6.07, 6.45) is 1.86. The van der Waals surface area contributed by atoms with E-state index < -0.39 is 21.9 Å². The largest absolute Gasteiger partial charge is 0.326 e. The lowest BCUT2D eigenvalue weighted by Crippen LogP contribution is -2.27. The average molecular weight is 362 g/mol. The Balaban J connectivity index is 1.69. The highest BCUT2D eigenvalue weighted by atomic mass is 32.2. The standard InChI is InChI=1S/C18H19FN2O3S/c1-12(21-25(23,24)17-5-3-2-4-16(17)19)13-8-10-15(11-9-13)20-18(22)14-6-7-14/h2-5,8-12,14,21H,6-7H2,1H3,(H,20,22). The van der Waals surface area contributed by atoms with Crippen LogP contribution in [0.2, 0.25) is 0 Å². The molecular formula is C18H19FN2O3S. The number of carbonyl (C=O) groups is 1. The van der Waals surface area contributed by atoms with Gasteiger partial charge in [0.1, 0.15) is 10.7 Å². The van der Waals surface area contributed by atoms with Crippen molar-refractivity contribution in [3.8, 4) is 0 Å². The number of halogens is 1. The van der Waals surface area contributed by atoms with E-state index in [1.54, 1.807) is 31.2 Å². The fraction of sp³-hybridized carbons (Fsp3) is 0.278. The lowest BCUT2D eigenvalue weighted by molar-refractivity contribution is -0.117. The summed E-state index contributed by atoms with van der Waals surface area (Å²) in [6.45, 7) is 1.68. The van der Waals surface area contributed by atoms with Crippen molar-refractivity contribution in [2.24, 2.45) is 5.92 Å². The lowest BCUT2D eigenvalue weighted by Gasteiger charge is -2.15. The average Bonchev–Trinajstić information content (AvgIpc) is 3.40. The summed E-state index contributed by atoms with van der Waals surface area (Å²) in [6, 6.07) is 11.6. The van der Waals surface area contributed by atoms with Gasteiger partial charge in [0.15, 0.2) is 0 Å². The number of anilines is 1. The monoisotopic (exact) mass is 362 g/mol. The maximum Gasteiger partial charge on any atom is 0.244 e. The fourth-order valence-corrected chi connectivity index (χ4v) is 3.78. The van der Waals surface area contributed by atoms with Crippen molar-refractivity contribution in [2.45, 2.75) is 30.7 Å². The molecule has 5 nitrogen and oxygen atoms in total. The second kappa shape index (κ2) is 6.93. The number of benzene rings is 2. The number of nitrogens with one attached hydrogen (secondary N) is 2. The van der Waals surface area contributed by atoms with Crippen molar-refractivity contribution in [1.29, 1.82) is 0 Å². The Kier molecular flexibility index (Phi) is 4.87. The number of carbonyl (C=O) groups excluding carboxylic acids is 1. The van der Waals surface area contributed by atoms with Crippen molar-refractivity contribution in [3.05, 3.63) is 59.9 Å². The third-order valence-corrected chi connectivity index (χ3v) is 5.66. The minimum absolute atomic E-state index is 0.0149. The van der Waals surface area contributed by atoms with Gasteiger partial charge in [-0.2, -0.15) is 0 Å². The summed E-state index contributed by atoms with van der Waals surface area (Å²) in [5.41, 5.74) is 1.38. The van der Waals surface area contributed by atoms with E-state index in [0.29, 0.717) is 11.3 Å². The minimum Gasteiger partial charge on any atom is -0.326 e. The van der Waals surface area contributed by atoms with Crippen molar-refractivity contribution in [2.75, 3.05) is 5.32 Å². The Hall–Kier alpha value is -2.25. The molecule has 1 aliphatic carbocycles. The topological polar surface area (TPSA) is 75.3 Å². The number of hydrogen-bond acceptors (Lipinski definition) is 3. The van der Waals surface area contributed by atoms with Gasteiger partial charge in [-0.25, -0.2) is 17.5 Å². The molecule has 1 atom stereocenters. The molecule has 0 bridgehead atoms. The molecule has 1 amide bonds. The highest BCUT2D eigenvalue weighted by Crippen LogP contribution is 2.30. The lowest BCUT2D eigenvalue weighted by atomic mass is 10.1. The summed E-state index contributed by atoms with van der Waals surface area (Å²) in [4.78, 5) is 11.4. The van der Waals surface area contributed by atoms with Gasteiger partial charge in [-0.3, -0.25) is 4.79 Å². The van der Waals surface area contributed by atoms with Crippen molar-refractivity contribution >= 4 is 21.6 Å². The molecule has 0 aliphatic heterocycles. The van der Waals surface area contributed by atoms with Gasteiger partial charge in [-0.1, -0.05) is 24.3 Å². The molecule has 25 heavy (non-hydrogen) atoms. The summed E-state index contributed by atoms with van der Waals surface area (Å²) in [5.74, 6) is -0.660. The van der Waals surface area contributed by atoms with E-state index in [0.717, 1.165) is 18.9 Å². The zero-order valence-corrected chi connectivity index (χ0v) is 14.5. The smallest absolute Gasteiger partial charge is 0.244 e. The second-order valence-electron chi connectivity index (χ2n) is 6.16. The van der Waals surface area contributed by atoms with Crippen molar-refractivity contribution in [1.82, 2.24) is 4.72 Å². The first kappa shape index (κ1) is 17.6. The van der Waals surface area contributed by atoms with Crippen LogP contribution in [0.15, 0.2) is 53.4 Å². The van der Waals surface area contributed by atoms with Gasteiger partial charge in [-0.15, -0.1) is 0 Å². The minimum atomic E-state index is -3.97. The Morgan fingerprint density at radius 3 is 2.36 bits per heavy atom. The number of amides is 1. The normalized spacial score (nSPS) is 15.6. The van der Waals surface area contributed by atoms with Crippen LogP contribution >= 0.6 is 0 Å². The molecule has 0 saturated heterocycles. The van der Waals surface area contributed by atoms with Gasteiger partial charge in [0.05, 0.1) is 0 Å². The Bertz CT molecular complexity index is 877. The van der Waals surface area contributed by atoms with E-state index in [2.05, 4.69) is 10.0 Å². The van der Waals surface area contributed by atoms with Crippen LogP contribution in [0.3, 0.4) is 0 Å². The van der Waals surface area contributed by atoms with Crippen LogP contribution in [0.25, 0.3) is 0 Å². The highest BCUT2D eigenvalue weighted by Gasteiger charge is 2.29. The van der Waals surface area contributed by atoms with Crippen molar-refractivity contribution < 1.29 is 17.6 Å². The van der Waals surface area contributed by atoms with Crippen LogP contribution in [0.5, 0.6) is 0 Å². The van der Waals surface area contributed by atoms with Crippen LogP contribution in [-0.4, -0.2) is 14.3 Å². The maximum atomic E-state index is 13.7. The Labute approximate surface area is 146 Å². The SMILES string of the molecule is CC(NS(=O)(=O)c1ccccc1F)c1ccc(NC(=O)C2CC2)cc1. The Morgan fingerprint density at radius 2 is 1.76 bits per heavy atom. The van der Waals surface area contributed by atoms with Gasteiger partial charge in [0.2, 0.25) is 15.9 Å². The summed E-state index contributed by atoms with van der Waals surface area (Å²) in [5, 5.41) is 2.82. The fourth-order valence-electron chi connectivity index (χ4n) is 2.47. The summed E-state index contributed by atoms with van der Waals surface area (Å²) < 4.78 is 40.8. The van der Waals surface area contributed by atoms with E-state index in [1.807, 2.05) is 0 Å². The van der Waals surface area contributed by atoms with Crippen molar-refractivity contribution in [3.63, 3.8) is 0 Å². The van der Waals surface area contributed by atoms with E-state index in [1.165, 1.54) is 18.2 Å². The van der Waals surface area contributed by atoms with Gasteiger partial charge >= 0.3 is 0 Å². The summed E-state index contributed by atoms with van der Waals surface area (Å²) in [7, 11) is -3.97. The molecule has 3 rings (SSSR count). The van der Waals surface area contributed by atoms with Gasteiger partial charge in [0, 0.05) is 17.6 Å². The predicted molar refractivity (Wildman–Crippen MR) is 92.9 cm³/mol. The molecule has 1 saturated carbocycles. The third-order valence-electron chi connectivity index (χ3n) is 4.08. The zero-order chi connectivity index (χ0) is 18.0. The molecule has 2 aromatic rings. The number of rotatable bonds is 6. The van der Waals surface area contributed by atoms with Gasteiger partial charge in [-0.05, 0) is 49.6 Å². The second-order valence-corrected chi connectivity index (χ2v) is 7.84.